The van der Waals surface area contributed by atoms with Gasteiger partial charge in [-0.3, -0.25) is 4.99 Å². The number of aliphatic imine (C=N–C) groups is 1. The minimum atomic E-state index is -0.958. The van der Waals surface area contributed by atoms with E-state index in [1.807, 2.05) is 48.5 Å². The number of carbonyl (C=O) groups is 1. The number of nitrogens with zero attached hydrogens (tertiary/aromatic N) is 1. The molecule has 0 aliphatic heterocycles. The van der Waals surface area contributed by atoms with Crippen molar-refractivity contribution in [3.8, 4) is 22.3 Å². The van der Waals surface area contributed by atoms with Gasteiger partial charge in [-0.25, -0.2) is 4.79 Å². The first-order valence-corrected chi connectivity index (χ1v) is 7.60. The standard InChI is InChI=1S/C21H17NO2/c1-14-19(21(23)24)12-18(13-20(14)22-2)17-10-8-16(9-11-17)15-6-4-3-5-7-15/h3-13H,2H2,1H3,(H,23,24). The zero-order valence-electron chi connectivity index (χ0n) is 13.4. The van der Waals surface area contributed by atoms with E-state index in [2.05, 4.69) is 23.8 Å². The third-order valence-corrected chi connectivity index (χ3v) is 4.11. The normalized spacial score (nSPS) is 10.4. The van der Waals surface area contributed by atoms with E-state index < -0.39 is 5.97 Å². The van der Waals surface area contributed by atoms with Crippen molar-refractivity contribution in [2.75, 3.05) is 0 Å². The van der Waals surface area contributed by atoms with Gasteiger partial charge in [-0.15, -0.1) is 0 Å². The van der Waals surface area contributed by atoms with Gasteiger partial charge in [0.15, 0.2) is 0 Å². The molecule has 0 unspecified atom stereocenters. The Hall–Kier alpha value is -3.20. The fourth-order valence-corrected chi connectivity index (χ4v) is 2.74. The van der Waals surface area contributed by atoms with Crippen LogP contribution < -0.4 is 0 Å². The van der Waals surface area contributed by atoms with Crippen molar-refractivity contribution in [2.24, 2.45) is 4.99 Å². The molecule has 0 saturated carbocycles. The Morgan fingerprint density at radius 2 is 1.42 bits per heavy atom. The lowest BCUT2D eigenvalue weighted by Gasteiger charge is -2.10. The van der Waals surface area contributed by atoms with E-state index in [0.717, 1.165) is 22.3 Å². The van der Waals surface area contributed by atoms with Crippen LogP contribution in [0.2, 0.25) is 0 Å². The predicted molar refractivity (Wildman–Crippen MR) is 98.2 cm³/mol. The first-order valence-electron chi connectivity index (χ1n) is 7.60. The quantitative estimate of drug-likeness (QED) is 0.659. The number of hydrogen-bond donors (Lipinski definition) is 1. The first-order chi connectivity index (χ1) is 11.6. The second kappa shape index (κ2) is 6.50. The Bertz CT molecular complexity index is 897. The lowest BCUT2D eigenvalue weighted by atomic mass is 9.96. The molecule has 1 N–H and O–H groups in total. The van der Waals surface area contributed by atoms with Crippen LogP contribution in [-0.2, 0) is 0 Å². The van der Waals surface area contributed by atoms with Crippen molar-refractivity contribution in [1.82, 2.24) is 0 Å². The summed E-state index contributed by atoms with van der Waals surface area (Å²) < 4.78 is 0. The predicted octanol–water partition coefficient (Wildman–Crippen LogP) is 5.36. The minimum absolute atomic E-state index is 0.252. The van der Waals surface area contributed by atoms with Gasteiger partial charge in [0.25, 0.3) is 0 Å². The molecule has 0 spiro atoms. The lowest BCUT2D eigenvalue weighted by molar-refractivity contribution is 0.0696. The number of aromatic carboxylic acids is 1. The van der Waals surface area contributed by atoms with Crippen LogP contribution in [0.15, 0.2) is 71.7 Å². The van der Waals surface area contributed by atoms with Gasteiger partial charge in [0.1, 0.15) is 0 Å². The Labute approximate surface area is 140 Å². The molecule has 0 saturated heterocycles. The summed E-state index contributed by atoms with van der Waals surface area (Å²) in [7, 11) is 0. The number of carboxylic acids is 1. The fourth-order valence-electron chi connectivity index (χ4n) is 2.74. The molecule has 0 radical (unpaired) electrons. The van der Waals surface area contributed by atoms with Crippen molar-refractivity contribution in [3.63, 3.8) is 0 Å². The Balaban J connectivity index is 2.05. The van der Waals surface area contributed by atoms with E-state index in [1.54, 1.807) is 13.0 Å². The Kier molecular flexibility index (Phi) is 4.25. The van der Waals surface area contributed by atoms with Crippen LogP contribution in [0.25, 0.3) is 22.3 Å². The highest BCUT2D eigenvalue weighted by Gasteiger charge is 2.13. The monoisotopic (exact) mass is 315 g/mol. The van der Waals surface area contributed by atoms with Crippen molar-refractivity contribution in [3.05, 3.63) is 77.9 Å². The van der Waals surface area contributed by atoms with E-state index >= 15 is 0 Å². The van der Waals surface area contributed by atoms with Crippen LogP contribution in [0.3, 0.4) is 0 Å². The first kappa shape index (κ1) is 15.7. The fraction of sp³-hybridized carbons (Fsp3) is 0.0476. The molecule has 0 heterocycles. The largest absolute Gasteiger partial charge is 0.478 e. The number of benzene rings is 3. The molecule has 0 amide bonds. The van der Waals surface area contributed by atoms with E-state index in [-0.39, 0.29) is 5.56 Å². The summed E-state index contributed by atoms with van der Waals surface area (Å²) in [5.74, 6) is -0.958. The summed E-state index contributed by atoms with van der Waals surface area (Å²) in [5.41, 5.74) is 5.50. The highest BCUT2D eigenvalue weighted by atomic mass is 16.4. The van der Waals surface area contributed by atoms with Crippen molar-refractivity contribution in [1.29, 1.82) is 0 Å². The average molecular weight is 315 g/mol. The summed E-state index contributed by atoms with van der Waals surface area (Å²) in [6.45, 7) is 5.28. The molecule has 0 aromatic heterocycles. The van der Waals surface area contributed by atoms with Crippen LogP contribution in [0.4, 0.5) is 5.69 Å². The van der Waals surface area contributed by atoms with Crippen molar-refractivity contribution < 1.29 is 9.90 Å². The second-order valence-corrected chi connectivity index (χ2v) is 5.57. The topological polar surface area (TPSA) is 49.7 Å². The molecule has 3 aromatic rings. The number of carboxylic acid groups (broad SMARTS) is 1. The van der Waals surface area contributed by atoms with Crippen LogP contribution in [0.5, 0.6) is 0 Å². The Morgan fingerprint density at radius 1 is 0.875 bits per heavy atom. The molecule has 0 bridgehead atoms. The summed E-state index contributed by atoms with van der Waals surface area (Å²) in [6, 6.07) is 21.7. The molecule has 3 heteroatoms. The van der Waals surface area contributed by atoms with Gasteiger partial charge >= 0.3 is 5.97 Å². The summed E-state index contributed by atoms with van der Waals surface area (Å²) in [5, 5.41) is 9.39. The maximum Gasteiger partial charge on any atom is 0.336 e. The molecule has 0 atom stereocenters. The molecule has 3 rings (SSSR count). The van der Waals surface area contributed by atoms with Gasteiger partial charge in [-0.1, -0.05) is 54.6 Å². The van der Waals surface area contributed by atoms with Gasteiger partial charge < -0.3 is 5.11 Å². The molecular weight excluding hydrogens is 298 g/mol. The van der Waals surface area contributed by atoms with Crippen LogP contribution in [-0.4, -0.2) is 17.8 Å². The highest BCUT2D eigenvalue weighted by molar-refractivity contribution is 5.93. The third-order valence-electron chi connectivity index (χ3n) is 4.11. The van der Waals surface area contributed by atoms with E-state index in [4.69, 9.17) is 0 Å². The van der Waals surface area contributed by atoms with Crippen LogP contribution in [0, 0.1) is 6.92 Å². The number of rotatable bonds is 4. The van der Waals surface area contributed by atoms with Crippen molar-refractivity contribution in [2.45, 2.75) is 6.92 Å². The van der Waals surface area contributed by atoms with Gasteiger partial charge in [0.05, 0.1) is 11.3 Å². The molecule has 0 fully saturated rings. The lowest BCUT2D eigenvalue weighted by Crippen LogP contribution is -2.00. The summed E-state index contributed by atoms with van der Waals surface area (Å²) in [6.07, 6.45) is 0. The number of hydrogen-bond acceptors (Lipinski definition) is 2. The molecular formula is C21H17NO2. The molecule has 0 aliphatic rings. The van der Waals surface area contributed by atoms with Crippen LogP contribution >= 0.6 is 0 Å². The maximum atomic E-state index is 11.5. The molecule has 0 aliphatic carbocycles. The molecule has 3 aromatic carbocycles. The summed E-state index contributed by atoms with van der Waals surface area (Å²) >= 11 is 0. The smallest absolute Gasteiger partial charge is 0.336 e. The van der Waals surface area contributed by atoms with Gasteiger partial charge in [-0.2, -0.15) is 0 Å². The second-order valence-electron chi connectivity index (χ2n) is 5.57. The molecule has 24 heavy (non-hydrogen) atoms. The zero-order chi connectivity index (χ0) is 17.1. The maximum absolute atomic E-state index is 11.5. The Morgan fingerprint density at radius 3 is 1.96 bits per heavy atom. The minimum Gasteiger partial charge on any atom is -0.478 e. The average Bonchev–Trinajstić information content (AvgIpc) is 2.62. The van der Waals surface area contributed by atoms with E-state index in [0.29, 0.717) is 11.3 Å². The van der Waals surface area contributed by atoms with Gasteiger partial charge in [0.2, 0.25) is 0 Å². The SMILES string of the molecule is C=Nc1cc(-c2ccc(-c3ccccc3)cc2)cc(C(=O)O)c1C. The third kappa shape index (κ3) is 2.97. The van der Waals surface area contributed by atoms with E-state index in [1.165, 1.54) is 0 Å². The molecule has 3 nitrogen and oxygen atoms in total. The van der Waals surface area contributed by atoms with Crippen LogP contribution in [0.1, 0.15) is 15.9 Å². The van der Waals surface area contributed by atoms with Crippen molar-refractivity contribution >= 4 is 18.4 Å². The van der Waals surface area contributed by atoms with E-state index in [9.17, 15) is 9.90 Å². The highest BCUT2D eigenvalue weighted by Crippen LogP contribution is 2.31. The summed E-state index contributed by atoms with van der Waals surface area (Å²) in [4.78, 5) is 15.4. The zero-order valence-corrected chi connectivity index (χ0v) is 13.4. The van der Waals surface area contributed by atoms with Gasteiger partial charge in [-0.05, 0) is 53.6 Å². The van der Waals surface area contributed by atoms with Gasteiger partial charge in [0, 0.05) is 0 Å². The molecule has 118 valence electrons.